The summed E-state index contributed by atoms with van der Waals surface area (Å²) in [5.41, 5.74) is 0.0415. The van der Waals surface area contributed by atoms with Crippen molar-refractivity contribution in [1.29, 1.82) is 0 Å². The Balaban J connectivity index is 1.65. The summed E-state index contributed by atoms with van der Waals surface area (Å²) in [5, 5.41) is 15.1. The van der Waals surface area contributed by atoms with Gasteiger partial charge in [0.15, 0.2) is 0 Å². The summed E-state index contributed by atoms with van der Waals surface area (Å²) in [6.07, 6.45) is 0. The molecular formula is C21H13ClN2O4S. The molecule has 0 aliphatic rings. The van der Waals surface area contributed by atoms with Crippen LogP contribution < -0.4 is 10.1 Å². The van der Waals surface area contributed by atoms with Crippen molar-refractivity contribution in [2.75, 3.05) is 5.32 Å². The molecule has 3 aromatic carbocycles. The number of carbonyl (C=O) groups excluding carboxylic acids is 1. The summed E-state index contributed by atoms with van der Waals surface area (Å²) >= 11 is 7.61. The van der Waals surface area contributed by atoms with Crippen molar-refractivity contribution >= 4 is 50.3 Å². The van der Waals surface area contributed by atoms with Gasteiger partial charge in [-0.15, -0.1) is 11.3 Å². The van der Waals surface area contributed by atoms with Crippen molar-refractivity contribution in [2.45, 2.75) is 0 Å². The van der Waals surface area contributed by atoms with E-state index in [2.05, 4.69) is 5.32 Å². The number of ether oxygens (including phenoxy) is 1. The molecule has 0 saturated carbocycles. The van der Waals surface area contributed by atoms with Crippen LogP contribution >= 0.6 is 22.9 Å². The highest BCUT2D eigenvalue weighted by molar-refractivity contribution is 7.21. The standard InChI is InChI=1S/C21H13ClN2O4S/c22-19-17-8-4-5-9-18(17)29-20(19)21(25)23-13-10-14(24(26)27)12-16(11-13)28-15-6-2-1-3-7-15/h1-12H,(H,23,25). The lowest BCUT2D eigenvalue weighted by Gasteiger charge is -2.09. The van der Waals surface area contributed by atoms with Crippen molar-refractivity contribution in [2.24, 2.45) is 0 Å². The highest BCUT2D eigenvalue weighted by atomic mass is 35.5. The number of hydrogen-bond acceptors (Lipinski definition) is 5. The van der Waals surface area contributed by atoms with Crippen LogP contribution in [0.1, 0.15) is 9.67 Å². The fraction of sp³-hybridized carbons (Fsp3) is 0. The largest absolute Gasteiger partial charge is 0.457 e. The zero-order chi connectivity index (χ0) is 20.4. The molecule has 1 aromatic heterocycles. The number of nitrogens with one attached hydrogen (secondary N) is 1. The molecule has 0 unspecified atom stereocenters. The van der Waals surface area contributed by atoms with Gasteiger partial charge in [0.05, 0.1) is 21.7 Å². The fourth-order valence-electron chi connectivity index (χ4n) is 2.79. The lowest BCUT2D eigenvalue weighted by Crippen LogP contribution is -2.11. The zero-order valence-corrected chi connectivity index (χ0v) is 16.4. The van der Waals surface area contributed by atoms with Crippen LogP contribution in [0, 0.1) is 10.1 Å². The first-order valence-corrected chi connectivity index (χ1v) is 9.71. The summed E-state index contributed by atoms with van der Waals surface area (Å²) in [6, 6.07) is 20.4. The van der Waals surface area contributed by atoms with E-state index in [0.29, 0.717) is 15.6 Å². The van der Waals surface area contributed by atoms with Gasteiger partial charge >= 0.3 is 0 Å². The van der Waals surface area contributed by atoms with Crippen molar-refractivity contribution in [3.05, 3.63) is 92.8 Å². The molecule has 8 heteroatoms. The number of amides is 1. The molecule has 0 saturated heterocycles. The predicted octanol–water partition coefficient (Wildman–Crippen LogP) is 6.51. The van der Waals surface area contributed by atoms with E-state index in [0.717, 1.165) is 10.1 Å². The second-order valence-corrected chi connectivity index (χ2v) is 7.51. The number of non-ortho nitro benzene ring substituents is 1. The lowest BCUT2D eigenvalue weighted by molar-refractivity contribution is -0.384. The fourth-order valence-corrected chi connectivity index (χ4v) is 4.20. The van der Waals surface area contributed by atoms with Crippen LogP contribution in [0.15, 0.2) is 72.8 Å². The molecular weight excluding hydrogens is 412 g/mol. The summed E-state index contributed by atoms with van der Waals surface area (Å²) in [5.74, 6) is 0.323. The van der Waals surface area contributed by atoms with Crippen LogP contribution in [-0.2, 0) is 0 Å². The first kappa shape index (κ1) is 18.9. The van der Waals surface area contributed by atoms with Gasteiger partial charge in [0, 0.05) is 22.2 Å². The van der Waals surface area contributed by atoms with Gasteiger partial charge in [-0.2, -0.15) is 0 Å². The van der Waals surface area contributed by atoms with Crippen LogP contribution in [-0.4, -0.2) is 10.8 Å². The molecule has 0 aliphatic heterocycles. The maximum absolute atomic E-state index is 12.8. The highest BCUT2D eigenvalue weighted by Gasteiger charge is 2.19. The number of para-hydroxylation sites is 1. The van der Waals surface area contributed by atoms with E-state index in [1.807, 2.05) is 30.3 Å². The number of thiophene rings is 1. The van der Waals surface area contributed by atoms with E-state index in [1.165, 1.54) is 29.5 Å². The maximum atomic E-state index is 12.8. The number of benzene rings is 3. The predicted molar refractivity (Wildman–Crippen MR) is 114 cm³/mol. The normalized spacial score (nSPS) is 10.7. The van der Waals surface area contributed by atoms with E-state index in [9.17, 15) is 14.9 Å². The molecule has 0 spiro atoms. The molecule has 0 atom stereocenters. The van der Waals surface area contributed by atoms with Gasteiger partial charge in [-0.25, -0.2) is 0 Å². The van der Waals surface area contributed by atoms with Crippen molar-refractivity contribution in [1.82, 2.24) is 0 Å². The topological polar surface area (TPSA) is 81.5 Å². The van der Waals surface area contributed by atoms with Crippen molar-refractivity contribution in [3.63, 3.8) is 0 Å². The van der Waals surface area contributed by atoms with Crippen LogP contribution in [0.2, 0.25) is 5.02 Å². The average Bonchev–Trinajstić information content (AvgIpc) is 3.05. The number of anilines is 1. The van der Waals surface area contributed by atoms with Gasteiger partial charge in [-0.05, 0) is 18.2 Å². The number of fused-ring (bicyclic) bond motifs is 1. The average molecular weight is 425 g/mol. The van der Waals surface area contributed by atoms with E-state index in [4.69, 9.17) is 16.3 Å². The Bertz CT molecular complexity index is 1220. The van der Waals surface area contributed by atoms with E-state index in [-0.39, 0.29) is 17.1 Å². The minimum atomic E-state index is -0.542. The molecule has 6 nitrogen and oxygen atoms in total. The zero-order valence-electron chi connectivity index (χ0n) is 14.8. The number of nitrogens with zero attached hydrogens (tertiary/aromatic N) is 1. The number of rotatable bonds is 5. The van der Waals surface area contributed by atoms with Gasteiger partial charge in [0.2, 0.25) is 0 Å². The quantitative estimate of drug-likeness (QED) is 0.292. The SMILES string of the molecule is O=C(Nc1cc(Oc2ccccc2)cc([N+](=O)[O-])c1)c1sc2ccccc2c1Cl. The second kappa shape index (κ2) is 7.90. The van der Waals surface area contributed by atoms with Gasteiger partial charge in [0.1, 0.15) is 16.4 Å². The third kappa shape index (κ3) is 4.06. The molecule has 1 heterocycles. The first-order chi connectivity index (χ1) is 14.0. The van der Waals surface area contributed by atoms with Crippen LogP contribution in [0.4, 0.5) is 11.4 Å². The molecule has 0 radical (unpaired) electrons. The summed E-state index contributed by atoms with van der Waals surface area (Å²) in [4.78, 5) is 23.9. The summed E-state index contributed by atoms with van der Waals surface area (Å²) in [6.45, 7) is 0. The molecule has 0 aliphatic carbocycles. The van der Waals surface area contributed by atoms with E-state index < -0.39 is 10.8 Å². The Kier molecular flexibility index (Phi) is 5.16. The second-order valence-electron chi connectivity index (χ2n) is 6.08. The first-order valence-electron chi connectivity index (χ1n) is 8.52. The van der Waals surface area contributed by atoms with Crippen molar-refractivity contribution < 1.29 is 14.5 Å². The third-order valence-electron chi connectivity index (χ3n) is 4.08. The molecule has 144 valence electrons. The summed E-state index contributed by atoms with van der Waals surface area (Å²) < 4.78 is 6.57. The van der Waals surface area contributed by atoms with Crippen molar-refractivity contribution in [3.8, 4) is 11.5 Å². The third-order valence-corrected chi connectivity index (χ3v) is 5.75. The number of carbonyl (C=O) groups is 1. The number of nitro benzene ring substituents is 1. The Morgan fingerprint density at radius 1 is 1.00 bits per heavy atom. The minimum Gasteiger partial charge on any atom is -0.457 e. The molecule has 4 rings (SSSR count). The molecule has 29 heavy (non-hydrogen) atoms. The maximum Gasteiger partial charge on any atom is 0.275 e. The molecule has 1 N–H and O–H groups in total. The smallest absolute Gasteiger partial charge is 0.275 e. The highest BCUT2D eigenvalue weighted by Crippen LogP contribution is 2.36. The van der Waals surface area contributed by atoms with Crippen LogP contribution in [0.3, 0.4) is 0 Å². The van der Waals surface area contributed by atoms with Gasteiger partial charge in [-0.1, -0.05) is 48.0 Å². The Morgan fingerprint density at radius 3 is 2.45 bits per heavy atom. The minimum absolute atomic E-state index is 0.198. The molecule has 1 amide bonds. The molecule has 0 bridgehead atoms. The molecule has 0 fully saturated rings. The Labute approximate surface area is 174 Å². The van der Waals surface area contributed by atoms with Gasteiger partial charge < -0.3 is 10.1 Å². The Morgan fingerprint density at radius 2 is 1.72 bits per heavy atom. The number of halogens is 1. The van der Waals surface area contributed by atoms with Gasteiger partial charge in [0.25, 0.3) is 11.6 Å². The molecule has 4 aromatic rings. The van der Waals surface area contributed by atoms with Crippen LogP contribution in [0.25, 0.3) is 10.1 Å². The number of nitro groups is 1. The Hall–Kier alpha value is -3.42. The number of hydrogen-bond donors (Lipinski definition) is 1. The van der Waals surface area contributed by atoms with E-state index in [1.54, 1.807) is 24.3 Å². The van der Waals surface area contributed by atoms with E-state index >= 15 is 0 Å². The van der Waals surface area contributed by atoms with Gasteiger partial charge in [-0.3, -0.25) is 14.9 Å². The summed E-state index contributed by atoms with van der Waals surface area (Å²) in [7, 11) is 0. The van der Waals surface area contributed by atoms with Crippen LogP contribution in [0.5, 0.6) is 11.5 Å². The lowest BCUT2D eigenvalue weighted by atomic mass is 10.2. The monoisotopic (exact) mass is 424 g/mol.